The van der Waals surface area contributed by atoms with Gasteiger partial charge >= 0.3 is 0 Å². The highest BCUT2D eigenvalue weighted by atomic mass is 32.2. The molecule has 0 atom stereocenters. The van der Waals surface area contributed by atoms with Crippen molar-refractivity contribution in [1.82, 2.24) is 4.90 Å². The minimum Gasteiger partial charge on any atom is -0.379 e. The second-order valence-corrected chi connectivity index (χ2v) is 3.77. The van der Waals surface area contributed by atoms with Crippen LogP contribution in [0.2, 0.25) is 0 Å². The Morgan fingerprint density at radius 3 is 2.67 bits per heavy atom. The maximum atomic E-state index is 5.33. The fourth-order valence-corrected chi connectivity index (χ4v) is 1.72. The summed E-state index contributed by atoms with van der Waals surface area (Å²) in [6, 6.07) is 0. The predicted molar refractivity (Wildman–Crippen MR) is 53.1 cm³/mol. The van der Waals surface area contributed by atoms with Gasteiger partial charge in [-0.1, -0.05) is 11.9 Å². The summed E-state index contributed by atoms with van der Waals surface area (Å²) in [5, 5.41) is 5.33. The van der Waals surface area contributed by atoms with Crippen molar-refractivity contribution in [3.8, 4) is 0 Å². The van der Waals surface area contributed by atoms with Crippen LogP contribution in [-0.2, 0) is 4.74 Å². The van der Waals surface area contributed by atoms with Gasteiger partial charge in [0.2, 0.25) is 0 Å². The molecule has 1 heterocycles. The largest absolute Gasteiger partial charge is 0.379 e. The first-order valence-corrected chi connectivity index (χ1v) is 5.60. The number of hydrogen-bond acceptors (Lipinski definition) is 4. The van der Waals surface area contributed by atoms with E-state index in [-0.39, 0.29) is 0 Å². The molecule has 2 N–H and O–H groups in total. The standard InChI is InChI=1S/C8H18N2OS/c9-12-8-2-1-3-10-4-6-11-7-5-10/h1-9H2. The molecule has 1 aliphatic rings. The monoisotopic (exact) mass is 190 g/mol. The first kappa shape index (κ1) is 10.3. The second-order valence-electron chi connectivity index (χ2n) is 3.03. The topological polar surface area (TPSA) is 38.5 Å². The van der Waals surface area contributed by atoms with Crippen molar-refractivity contribution < 1.29 is 4.74 Å². The van der Waals surface area contributed by atoms with Gasteiger partial charge in [0.1, 0.15) is 0 Å². The highest BCUT2D eigenvalue weighted by Crippen LogP contribution is 2.01. The van der Waals surface area contributed by atoms with Crippen molar-refractivity contribution in [3.63, 3.8) is 0 Å². The Balaban J connectivity index is 1.91. The molecule has 12 heavy (non-hydrogen) atoms. The van der Waals surface area contributed by atoms with Crippen molar-refractivity contribution in [2.75, 3.05) is 38.6 Å². The molecular formula is C8H18N2OS. The van der Waals surface area contributed by atoms with Crippen LogP contribution in [0.5, 0.6) is 0 Å². The maximum absolute atomic E-state index is 5.33. The first-order chi connectivity index (χ1) is 5.93. The van der Waals surface area contributed by atoms with E-state index >= 15 is 0 Å². The third-order valence-corrected chi connectivity index (χ3v) is 2.61. The molecule has 0 saturated carbocycles. The molecular weight excluding hydrogens is 172 g/mol. The molecule has 0 amide bonds. The lowest BCUT2D eigenvalue weighted by molar-refractivity contribution is 0.0374. The molecule has 1 aliphatic heterocycles. The lowest BCUT2D eigenvalue weighted by atomic mass is 10.3. The van der Waals surface area contributed by atoms with Gasteiger partial charge in [0, 0.05) is 18.8 Å². The average Bonchev–Trinajstić information content (AvgIpc) is 2.14. The van der Waals surface area contributed by atoms with Gasteiger partial charge in [-0.2, -0.15) is 0 Å². The molecule has 0 spiro atoms. The number of morpholine rings is 1. The molecule has 0 radical (unpaired) electrons. The zero-order chi connectivity index (χ0) is 8.65. The summed E-state index contributed by atoms with van der Waals surface area (Å²) in [5.74, 6) is 1.09. The van der Waals surface area contributed by atoms with Crippen LogP contribution in [0.25, 0.3) is 0 Å². The summed E-state index contributed by atoms with van der Waals surface area (Å²) in [4.78, 5) is 2.46. The number of nitrogens with two attached hydrogens (primary N) is 1. The fourth-order valence-electron chi connectivity index (χ4n) is 1.35. The van der Waals surface area contributed by atoms with Crippen LogP contribution in [0.1, 0.15) is 12.8 Å². The average molecular weight is 190 g/mol. The van der Waals surface area contributed by atoms with Crippen LogP contribution in [0.15, 0.2) is 0 Å². The van der Waals surface area contributed by atoms with Gasteiger partial charge in [0.15, 0.2) is 0 Å². The van der Waals surface area contributed by atoms with Crippen LogP contribution in [0, 0.1) is 0 Å². The van der Waals surface area contributed by atoms with E-state index in [2.05, 4.69) is 4.90 Å². The van der Waals surface area contributed by atoms with Gasteiger partial charge in [0.25, 0.3) is 0 Å². The highest BCUT2D eigenvalue weighted by Gasteiger charge is 2.08. The Morgan fingerprint density at radius 1 is 1.25 bits per heavy atom. The molecule has 0 bridgehead atoms. The summed E-state index contributed by atoms with van der Waals surface area (Å²) < 4.78 is 5.26. The Labute approximate surface area is 78.8 Å². The summed E-state index contributed by atoms with van der Waals surface area (Å²) in [6.45, 7) is 5.24. The van der Waals surface area contributed by atoms with E-state index in [9.17, 15) is 0 Å². The maximum Gasteiger partial charge on any atom is 0.0594 e. The summed E-state index contributed by atoms with van der Waals surface area (Å²) in [6.07, 6.45) is 2.50. The quantitative estimate of drug-likeness (QED) is 0.512. The van der Waals surface area contributed by atoms with Crippen molar-refractivity contribution in [2.45, 2.75) is 12.8 Å². The molecule has 1 rings (SSSR count). The minimum atomic E-state index is 0.908. The third-order valence-electron chi connectivity index (χ3n) is 2.09. The van der Waals surface area contributed by atoms with Gasteiger partial charge < -0.3 is 4.74 Å². The van der Waals surface area contributed by atoms with Crippen LogP contribution < -0.4 is 5.14 Å². The molecule has 0 aromatic carbocycles. The van der Waals surface area contributed by atoms with Crippen LogP contribution in [0.3, 0.4) is 0 Å². The number of hydrogen-bond donors (Lipinski definition) is 1. The van der Waals surface area contributed by atoms with Crippen molar-refractivity contribution in [2.24, 2.45) is 5.14 Å². The highest BCUT2D eigenvalue weighted by molar-refractivity contribution is 7.97. The van der Waals surface area contributed by atoms with Gasteiger partial charge in [-0.3, -0.25) is 10.0 Å². The number of ether oxygens (including phenoxy) is 1. The zero-order valence-electron chi connectivity index (χ0n) is 7.50. The third kappa shape index (κ3) is 4.30. The van der Waals surface area contributed by atoms with E-state index in [0.29, 0.717) is 0 Å². The van der Waals surface area contributed by atoms with E-state index in [1.54, 1.807) is 0 Å². The Hall–Kier alpha value is 0.230. The Kier molecular flexibility index (Phi) is 5.77. The minimum absolute atomic E-state index is 0.908. The van der Waals surface area contributed by atoms with E-state index in [0.717, 1.165) is 32.1 Å². The Morgan fingerprint density at radius 2 is 2.00 bits per heavy atom. The number of nitrogens with zero attached hydrogens (tertiary/aromatic N) is 1. The SMILES string of the molecule is NSCCCCN1CCOCC1. The van der Waals surface area contributed by atoms with E-state index in [1.165, 1.54) is 31.3 Å². The van der Waals surface area contributed by atoms with Crippen LogP contribution in [0.4, 0.5) is 0 Å². The van der Waals surface area contributed by atoms with E-state index in [4.69, 9.17) is 9.88 Å². The first-order valence-electron chi connectivity index (χ1n) is 4.55. The molecule has 0 unspecified atom stereocenters. The van der Waals surface area contributed by atoms with Crippen molar-refractivity contribution in [3.05, 3.63) is 0 Å². The van der Waals surface area contributed by atoms with Gasteiger partial charge in [0.05, 0.1) is 13.2 Å². The van der Waals surface area contributed by atoms with Crippen molar-refractivity contribution in [1.29, 1.82) is 0 Å². The second kappa shape index (κ2) is 6.71. The molecule has 1 saturated heterocycles. The number of rotatable bonds is 5. The lowest BCUT2D eigenvalue weighted by Gasteiger charge is -2.26. The normalized spacial score (nSPS) is 19.8. The van der Waals surface area contributed by atoms with Crippen LogP contribution >= 0.6 is 11.9 Å². The lowest BCUT2D eigenvalue weighted by Crippen LogP contribution is -2.36. The molecule has 3 nitrogen and oxygen atoms in total. The Bertz CT molecular complexity index is 107. The van der Waals surface area contributed by atoms with Gasteiger partial charge in [-0.15, -0.1) is 0 Å². The molecule has 0 aliphatic carbocycles. The molecule has 72 valence electrons. The number of unbranched alkanes of at least 4 members (excludes halogenated alkanes) is 1. The molecule has 0 aromatic heterocycles. The summed E-state index contributed by atoms with van der Waals surface area (Å²) in [5.41, 5.74) is 0. The van der Waals surface area contributed by atoms with Crippen molar-refractivity contribution >= 4 is 11.9 Å². The zero-order valence-corrected chi connectivity index (χ0v) is 8.31. The summed E-state index contributed by atoms with van der Waals surface area (Å²) in [7, 11) is 0. The van der Waals surface area contributed by atoms with Crippen LogP contribution in [-0.4, -0.2) is 43.5 Å². The van der Waals surface area contributed by atoms with E-state index in [1.807, 2.05) is 0 Å². The molecule has 0 aromatic rings. The van der Waals surface area contributed by atoms with Gasteiger partial charge in [-0.25, -0.2) is 0 Å². The van der Waals surface area contributed by atoms with E-state index < -0.39 is 0 Å². The molecule has 4 heteroatoms. The summed E-state index contributed by atoms with van der Waals surface area (Å²) >= 11 is 1.45. The van der Waals surface area contributed by atoms with Gasteiger partial charge in [-0.05, 0) is 19.4 Å². The predicted octanol–water partition coefficient (Wildman–Crippen LogP) is 0.706. The fraction of sp³-hybridized carbons (Fsp3) is 1.00. The smallest absolute Gasteiger partial charge is 0.0594 e. The molecule has 1 fully saturated rings.